The predicted octanol–water partition coefficient (Wildman–Crippen LogP) is 4.83. The second-order valence-electron chi connectivity index (χ2n) is 6.95. The van der Waals surface area contributed by atoms with Crippen LogP contribution in [0.25, 0.3) is 0 Å². The van der Waals surface area contributed by atoms with Crippen LogP contribution < -0.4 is 0 Å². The van der Waals surface area contributed by atoms with E-state index in [0.29, 0.717) is 11.8 Å². The Balaban J connectivity index is 2.08. The van der Waals surface area contributed by atoms with Crippen molar-refractivity contribution in [3.05, 3.63) is 29.3 Å². The molecule has 1 N–H and O–H groups in total. The molecule has 110 valence electrons. The fourth-order valence-electron chi connectivity index (χ4n) is 2.86. The van der Waals surface area contributed by atoms with Crippen molar-refractivity contribution >= 4 is 6.21 Å². The van der Waals surface area contributed by atoms with E-state index in [2.05, 4.69) is 26.8 Å². The van der Waals surface area contributed by atoms with Crippen molar-refractivity contribution in [3.63, 3.8) is 0 Å². The van der Waals surface area contributed by atoms with Gasteiger partial charge in [0.2, 0.25) is 0 Å². The van der Waals surface area contributed by atoms with E-state index < -0.39 is 0 Å². The molecule has 0 unspecified atom stereocenters. The summed E-state index contributed by atoms with van der Waals surface area (Å²) in [6.07, 6.45) is 9.67. The van der Waals surface area contributed by atoms with Crippen molar-refractivity contribution < 1.29 is 5.11 Å². The quantitative estimate of drug-likeness (QED) is 0.607. The molecule has 0 spiro atoms. The van der Waals surface area contributed by atoms with Crippen LogP contribution in [0.2, 0.25) is 0 Å². The van der Waals surface area contributed by atoms with E-state index >= 15 is 0 Å². The summed E-state index contributed by atoms with van der Waals surface area (Å²) in [5, 5.41) is 10.1. The van der Waals surface area contributed by atoms with Crippen LogP contribution in [-0.4, -0.2) is 17.4 Å². The van der Waals surface area contributed by atoms with Gasteiger partial charge in [0.25, 0.3) is 0 Å². The van der Waals surface area contributed by atoms with E-state index in [-0.39, 0.29) is 5.41 Å². The minimum Gasteiger partial charge on any atom is -0.508 e. The summed E-state index contributed by atoms with van der Waals surface area (Å²) in [7, 11) is 0. The lowest BCUT2D eigenvalue weighted by atomic mass is 9.86. The van der Waals surface area contributed by atoms with Gasteiger partial charge in [-0.15, -0.1) is 0 Å². The molecule has 1 saturated carbocycles. The number of rotatable bonds is 2. The zero-order valence-electron chi connectivity index (χ0n) is 13.0. The van der Waals surface area contributed by atoms with Gasteiger partial charge >= 0.3 is 0 Å². The number of aliphatic imine (C=N–C) groups is 1. The Morgan fingerprint density at radius 1 is 1.10 bits per heavy atom. The molecule has 0 radical (unpaired) electrons. The molecule has 1 aliphatic rings. The molecule has 0 saturated heterocycles. The Bertz CT molecular complexity index is 463. The number of benzene rings is 1. The first kappa shape index (κ1) is 15.1. The molecule has 1 aromatic carbocycles. The van der Waals surface area contributed by atoms with Crippen molar-refractivity contribution in [3.8, 4) is 5.75 Å². The zero-order chi connectivity index (χ0) is 14.6. The highest BCUT2D eigenvalue weighted by Crippen LogP contribution is 2.30. The largest absolute Gasteiger partial charge is 0.508 e. The van der Waals surface area contributed by atoms with E-state index in [9.17, 15) is 5.11 Å². The average molecular weight is 273 g/mol. The first-order valence-corrected chi connectivity index (χ1v) is 7.83. The lowest BCUT2D eigenvalue weighted by Crippen LogP contribution is -2.11. The third kappa shape index (κ3) is 4.09. The summed E-state index contributed by atoms with van der Waals surface area (Å²) in [5.41, 5.74) is 1.96. The third-order valence-corrected chi connectivity index (χ3v) is 4.09. The molecule has 0 amide bonds. The molecule has 0 aliphatic heterocycles. The van der Waals surface area contributed by atoms with Gasteiger partial charge in [0.05, 0.1) is 0 Å². The van der Waals surface area contributed by atoms with Crippen molar-refractivity contribution in [2.75, 3.05) is 0 Å². The van der Waals surface area contributed by atoms with Crippen LogP contribution in [0.15, 0.2) is 23.2 Å². The van der Waals surface area contributed by atoms with Gasteiger partial charge in [-0.25, -0.2) is 0 Å². The van der Waals surface area contributed by atoms with Crippen LogP contribution >= 0.6 is 0 Å². The summed E-state index contributed by atoms with van der Waals surface area (Å²) in [6.45, 7) is 6.34. The van der Waals surface area contributed by atoms with Gasteiger partial charge in [-0.1, -0.05) is 58.6 Å². The smallest absolute Gasteiger partial charge is 0.119 e. The molecular weight excluding hydrogens is 246 g/mol. The van der Waals surface area contributed by atoms with Gasteiger partial charge in [0.1, 0.15) is 5.75 Å². The number of hydrogen-bond acceptors (Lipinski definition) is 2. The normalized spacial score (nSPS) is 18.4. The van der Waals surface area contributed by atoms with Crippen LogP contribution in [0.3, 0.4) is 0 Å². The lowest BCUT2D eigenvalue weighted by molar-refractivity contribution is 0.446. The molecule has 0 bridgehead atoms. The van der Waals surface area contributed by atoms with E-state index in [0.717, 1.165) is 11.1 Å². The summed E-state index contributed by atoms with van der Waals surface area (Å²) < 4.78 is 0. The summed E-state index contributed by atoms with van der Waals surface area (Å²) >= 11 is 0. The molecule has 0 heterocycles. The SMILES string of the molecule is CC(C)(C)c1ccc(C=NC2CCCCCC2)cc1O. The van der Waals surface area contributed by atoms with E-state index in [1.165, 1.54) is 38.5 Å². The fourth-order valence-corrected chi connectivity index (χ4v) is 2.86. The second kappa shape index (κ2) is 6.43. The highest BCUT2D eigenvalue weighted by Gasteiger charge is 2.17. The second-order valence-corrected chi connectivity index (χ2v) is 6.95. The predicted molar refractivity (Wildman–Crippen MR) is 85.9 cm³/mol. The Hall–Kier alpha value is -1.31. The number of aromatic hydroxyl groups is 1. The summed E-state index contributed by atoms with van der Waals surface area (Å²) in [4.78, 5) is 4.71. The molecular formula is C18H27NO. The molecule has 2 nitrogen and oxygen atoms in total. The van der Waals surface area contributed by atoms with Crippen molar-refractivity contribution in [2.24, 2.45) is 4.99 Å². The first-order chi connectivity index (χ1) is 9.47. The molecule has 20 heavy (non-hydrogen) atoms. The van der Waals surface area contributed by atoms with E-state index in [4.69, 9.17) is 4.99 Å². The Kier molecular flexibility index (Phi) is 4.85. The van der Waals surface area contributed by atoms with Gasteiger partial charge in [0.15, 0.2) is 0 Å². The van der Waals surface area contributed by atoms with Gasteiger partial charge < -0.3 is 5.11 Å². The fraction of sp³-hybridized carbons (Fsp3) is 0.611. The number of nitrogens with zero attached hydrogens (tertiary/aromatic N) is 1. The van der Waals surface area contributed by atoms with Crippen LogP contribution in [-0.2, 0) is 5.41 Å². The third-order valence-electron chi connectivity index (χ3n) is 4.09. The molecule has 0 aromatic heterocycles. The van der Waals surface area contributed by atoms with Gasteiger partial charge in [-0.2, -0.15) is 0 Å². The van der Waals surface area contributed by atoms with Gasteiger partial charge in [-0.05, 0) is 35.4 Å². The van der Waals surface area contributed by atoms with Crippen LogP contribution in [0.4, 0.5) is 0 Å². The highest BCUT2D eigenvalue weighted by molar-refractivity contribution is 5.80. The summed E-state index contributed by atoms with van der Waals surface area (Å²) in [6, 6.07) is 6.38. The maximum absolute atomic E-state index is 10.1. The van der Waals surface area contributed by atoms with Crippen molar-refractivity contribution in [1.29, 1.82) is 0 Å². The van der Waals surface area contributed by atoms with Crippen LogP contribution in [0, 0.1) is 0 Å². The monoisotopic (exact) mass is 273 g/mol. The average Bonchev–Trinajstić information content (AvgIpc) is 2.63. The molecule has 1 aliphatic carbocycles. The number of phenolic OH excluding ortho intramolecular Hbond substituents is 1. The maximum Gasteiger partial charge on any atom is 0.119 e. The van der Waals surface area contributed by atoms with Gasteiger partial charge in [0, 0.05) is 12.3 Å². The van der Waals surface area contributed by atoms with Crippen molar-refractivity contribution in [2.45, 2.75) is 70.8 Å². The Morgan fingerprint density at radius 3 is 2.30 bits per heavy atom. The minimum absolute atomic E-state index is 0.0267. The maximum atomic E-state index is 10.1. The first-order valence-electron chi connectivity index (χ1n) is 7.83. The van der Waals surface area contributed by atoms with Crippen LogP contribution in [0.1, 0.15) is 70.4 Å². The highest BCUT2D eigenvalue weighted by atomic mass is 16.3. The number of phenols is 1. The molecule has 2 rings (SSSR count). The topological polar surface area (TPSA) is 32.6 Å². The van der Waals surface area contributed by atoms with Crippen LogP contribution in [0.5, 0.6) is 5.75 Å². The zero-order valence-corrected chi connectivity index (χ0v) is 13.0. The molecule has 2 heteroatoms. The lowest BCUT2D eigenvalue weighted by Gasteiger charge is -2.20. The van der Waals surface area contributed by atoms with E-state index in [1.807, 2.05) is 18.3 Å². The standard InChI is InChI=1S/C18H27NO/c1-18(2,3)16-11-10-14(12-17(16)20)13-19-15-8-6-4-5-7-9-15/h10-13,15,20H,4-9H2,1-3H3. The Morgan fingerprint density at radius 2 is 1.75 bits per heavy atom. The molecule has 1 aromatic rings. The number of hydrogen-bond donors (Lipinski definition) is 1. The Labute approximate surface area is 122 Å². The molecule has 0 atom stereocenters. The summed E-state index contributed by atoms with van der Waals surface area (Å²) in [5.74, 6) is 0.377. The van der Waals surface area contributed by atoms with Gasteiger partial charge in [-0.3, -0.25) is 4.99 Å². The minimum atomic E-state index is -0.0267. The van der Waals surface area contributed by atoms with Crippen molar-refractivity contribution in [1.82, 2.24) is 0 Å². The van der Waals surface area contributed by atoms with E-state index in [1.54, 1.807) is 0 Å². The molecule has 1 fully saturated rings.